The van der Waals surface area contributed by atoms with Gasteiger partial charge in [0.05, 0.1) is 0 Å². The Hall–Kier alpha value is -1.88. The summed E-state index contributed by atoms with van der Waals surface area (Å²) in [6.07, 6.45) is 4.90. The molecule has 1 amide bonds. The van der Waals surface area contributed by atoms with Crippen LogP contribution in [0.4, 0.5) is 0 Å². The highest BCUT2D eigenvalue weighted by molar-refractivity contribution is 5.84. The predicted octanol–water partition coefficient (Wildman–Crippen LogP) is 2.16. The molecule has 24 heavy (non-hydrogen) atoms. The van der Waals surface area contributed by atoms with Gasteiger partial charge in [0.1, 0.15) is 6.04 Å². The first-order chi connectivity index (χ1) is 11.6. The van der Waals surface area contributed by atoms with E-state index >= 15 is 0 Å². The molecule has 2 aliphatic heterocycles. The summed E-state index contributed by atoms with van der Waals surface area (Å²) in [6.45, 7) is 2.70. The van der Waals surface area contributed by atoms with Crippen LogP contribution in [-0.4, -0.2) is 58.5 Å². The molecule has 0 radical (unpaired) electrons. The van der Waals surface area contributed by atoms with Crippen LogP contribution in [0.1, 0.15) is 37.7 Å². The number of amides is 1. The molecule has 3 rings (SSSR count). The number of nitrogens with zero attached hydrogens (tertiary/aromatic N) is 2. The molecule has 1 aromatic rings. The fourth-order valence-electron chi connectivity index (χ4n) is 3.96. The second-order valence-corrected chi connectivity index (χ2v) is 6.85. The van der Waals surface area contributed by atoms with Gasteiger partial charge in [0.25, 0.3) is 0 Å². The summed E-state index contributed by atoms with van der Waals surface area (Å²) in [7, 11) is 0. The molecule has 2 atom stereocenters. The van der Waals surface area contributed by atoms with Gasteiger partial charge >= 0.3 is 5.97 Å². The molecule has 0 unspecified atom stereocenters. The van der Waals surface area contributed by atoms with Crippen molar-refractivity contribution in [2.75, 3.05) is 19.6 Å². The van der Waals surface area contributed by atoms with Gasteiger partial charge in [0.15, 0.2) is 0 Å². The first-order valence-electron chi connectivity index (χ1n) is 8.95. The highest BCUT2D eigenvalue weighted by Gasteiger charge is 2.38. The van der Waals surface area contributed by atoms with Crippen LogP contribution in [-0.2, 0) is 16.0 Å². The van der Waals surface area contributed by atoms with Crippen LogP contribution < -0.4 is 0 Å². The molecule has 5 nitrogen and oxygen atoms in total. The van der Waals surface area contributed by atoms with Crippen molar-refractivity contribution in [2.45, 2.75) is 50.6 Å². The normalized spacial score (nSPS) is 24.9. The Morgan fingerprint density at radius 1 is 1.08 bits per heavy atom. The molecule has 0 aromatic heterocycles. The topological polar surface area (TPSA) is 60.9 Å². The number of rotatable bonds is 5. The Kier molecular flexibility index (Phi) is 5.51. The summed E-state index contributed by atoms with van der Waals surface area (Å²) in [4.78, 5) is 28.3. The lowest BCUT2D eigenvalue weighted by Crippen LogP contribution is -2.54. The van der Waals surface area contributed by atoms with Gasteiger partial charge in [-0.15, -0.1) is 0 Å². The average molecular weight is 330 g/mol. The largest absolute Gasteiger partial charge is 0.480 e. The maximum absolute atomic E-state index is 12.6. The lowest BCUT2D eigenvalue weighted by molar-refractivity contribution is -0.153. The number of carboxylic acids is 1. The van der Waals surface area contributed by atoms with Gasteiger partial charge < -0.3 is 14.9 Å². The van der Waals surface area contributed by atoms with Crippen molar-refractivity contribution < 1.29 is 14.7 Å². The monoisotopic (exact) mass is 330 g/mol. The minimum absolute atomic E-state index is 0.0360. The molecule has 0 bridgehead atoms. The van der Waals surface area contributed by atoms with Gasteiger partial charge in [-0.2, -0.15) is 0 Å². The number of hydrogen-bond acceptors (Lipinski definition) is 3. The Balaban J connectivity index is 1.59. The van der Waals surface area contributed by atoms with E-state index in [1.54, 1.807) is 4.90 Å². The van der Waals surface area contributed by atoms with E-state index in [-0.39, 0.29) is 5.91 Å². The minimum Gasteiger partial charge on any atom is -0.480 e. The van der Waals surface area contributed by atoms with Gasteiger partial charge in [-0.25, -0.2) is 4.79 Å². The molecule has 0 spiro atoms. The van der Waals surface area contributed by atoms with Crippen molar-refractivity contribution in [1.29, 1.82) is 0 Å². The Bertz CT molecular complexity index is 569. The summed E-state index contributed by atoms with van der Waals surface area (Å²) in [5.74, 6) is -0.905. The first kappa shape index (κ1) is 17.0. The van der Waals surface area contributed by atoms with E-state index in [0.717, 1.165) is 25.1 Å². The smallest absolute Gasteiger partial charge is 0.326 e. The summed E-state index contributed by atoms with van der Waals surface area (Å²) < 4.78 is 0. The Morgan fingerprint density at radius 3 is 2.46 bits per heavy atom. The molecule has 2 saturated heterocycles. The molecule has 130 valence electrons. The van der Waals surface area contributed by atoms with Crippen LogP contribution in [0.15, 0.2) is 30.3 Å². The Morgan fingerprint density at radius 2 is 1.79 bits per heavy atom. The number of likely N-dealkylation sites (tertiary alicyclic amines) is 2. The van der Waals surface area contributed by atoms with Crippen molar-refractivity contribution in [3.63, 3.8) is 0 Å². The fourth-order valence-corrected chi connectivity index (χ4v) is 3.96. The first-order valence-corrected chi connectivity index (χ1v) is 8.95. The molecule has 2 heterocycles. The van der Waals surface area contributed by atoms with E-state index in [1.807, 2.05) is 30.3 Å². The van der Waals surface area contributed by atoms with Crippen LogP contribution in [0.2, 0.25) is 0 Å². The van der Waals surface area contributed by atoms with Gasteiger partial charge in [0.2, 0.25) is 5.91 Å². The van der Waals surface area contributed by atoms with Gasteiger partial charge in [0, 0.05) is 19.0 Å². The number of carbonyl (C=O) groups excluding carboxylic acids is 1. The van der Waals surface area contributed by atoms with E-state index in [4.69, 9.17) is 0 Å². The molecule has 1 aromatic carbocycles. The maximum Gasteiger partial charge on any atom is 0.326 e. The summed E-state index contributed by atoms with van der Waals surface area (Å²) >= 11 is 0. The Labute approximate surface area is 143 Å². The number of piperidine rings is 1. The highest BCUT2D eigenvalue weighted by atomic mass is 16.4. The lowest BCUT2D eigenvalue weighted by Gasteiger charge is -2.40. The van der Waals surface area contributed by atoms with E-state index in [2.05, 4.69) is 4.90 Å². The average Bonchev–Trinajstić information content (AvgIpc) is 3.14. The van der Waals surface area contributed by atoms with E-state index in [1.165, 1.54) is 12.8 Å². The number of carbonyl (C=O) groups is 2. The molecule has 0 aliphatic carbocycles. The number of carboxylic acid groups (broad SMARTS) is 1. The number of aliphatic carboxylic acids is 1. The second-order valence-electron chi connectivity index (χ2n) is 6.85. The standard InChI is InChI=1S/C19H26N2O3/c22-18(9-8-15-6-2-1-3-7-15)21-13-10-16(14-17(21)19(23)24)20-11-4-5-12-20/h1-3,6-7,16-17H,4-5,8-14H2,(H,23,24)/t16-,17+/m0/s1. The summed E-state index contributed by atoms with van der Waals surface area (Å²) in [5.41, 5.74) is 1.12. The molecule has 1 N–H and O–H groups in total. The van der Waals surface area contributed by atoms with Crippen LogP contribution in [0, 0.1) is 0 Å². The highest BCUT2D eigenvalue weighted by Crippen LogP contribution is 2.26. The zero-order valence-electron chi connectivity index (χ0n) is 14.1. The van der Waals surface area contributed by atoms with Gasteiger partial charge in [-0.05, 0) is 50.8 Å². The quantitative estimate of drug-likeness (QED) is 0.899. The lowest BCUT2D eigenvalue weighted by atomic mass is 9.95. The molecule has 2 aliphatic rings. The molecular formula is C19H26N2O3. The van der Waals surface area contributed by atoms with Crippen LogP contribution >= 0.6 is 0 Å². The van der Waals surface area contributed by atoms with Crippen molar-refractivity contribution in [3.05, 3.63) is 35.9 Å². The molecule has 0 saturated carbocycles. The van der Waals surface area contributed by atoms with Crippen molar-refractivity contribution >= 4 is 11.9 Å². The third-order valence-electron chi connectivity index (χ3n) is 5.31. The van der Waals surface area contributed by atoms with Crippen LogP contribution in [0.25, 0.3) is 0 Å². The number of aryl methyl sites for hydroxylation is 1. The molecular weight excluding hydrogens is 304 g/mol. The maximum atomic E-state index is 12.6. The second kappa shape index (κ2) is 7.79. The summed E-state index contributed by atoms with van der Waals surface area (Å²) in [5, 5.41) is 9.59. The molecule has 2 fully saturated rings. The molecule has 5 heteroatoms. The van der Waals surface area contributed by atoms with E-state index in [0.29, 0.717) is 31.8 Å². The number of benzene rings is 1. The predicted molar refractivity (Wildman–Crippen MR) is 91.7 cm³/mol. The van der Waals surface area contributed by atoms with E-state index in [9.17, 15) is 14.7 Å². The van der Waals surface area contributed by atoms with Crippen molar-refractivity contribution in [3.8, 4) is 0 Å². The van der Waals surface area contributed by atoms with Gasteiger partial charge in [-0.3, -0.25) is 4.79 Å². The third kappa shape index (κ3) is 3.96. The summed E-state index contributed by atoms with van der Waals surface area (Å²) in [6, 6.07) is 9.51. The van der Waals surface area contributed by atoms with Crippen LogP contribution in [0.3, 0.4) is 0 Å². The zero-order valence-corrected chi connectivity index (χ0v) is 14.1. The van der Waals surface area contributed by atoms with Gasteiger partial charge in [-0.1, -0.05) is 30.3 Å². The third-order valence-corrected chi connectivity index (χ3v) is 5.31. The minimum atomic E-state index is -0.869. The van der Waals surface area contributed by atoms with Crippen molar-refractivity contribution in [1.82, 2.24) is 9.80 Å². The zero-order chi connectivity index (χ0) is 16.9. The van der Waals surface area contributed by atoms with Crippen molar-refractivity contribution in [2.24, 2.45) is 0 Å². The van der Waals surface area contributed by atoms with Crippen LogP contribution in [0.5, 0.6) is 0 Å². The fraction of sp³-hybridized carbons (Fsp3) is 0.579. The SMILES string of the molecule is O=C(O)[C@H]1C[C@@H](N2CCCC2)CCN1C(=O)CCc1ccccc1. The number of hydrogen-bond donors (Lipinski definition) is 1. The van der Waals surface area contributed by atoms with E-state index < -0.39 is 12.0 Å².